The second-order valence-corrected chi connectivity index (χ2v) is 8.68. The number of aromatic hydroxyl groups is 1. The molecule has 0 aliphatic rings. The first kappa shape index (κ1) is 28.6. The maximum atomic E-state index is 12.8. The second kappa shape index (κ2) is 14.1. The number of hydrogen-bond donors (Lipinski definition) is 2. The molecule has 2 N–H and O–H groups in total. The molecule has 0 aliphatic carbocycles. The molecule has 39 heavy (non-hydrogen) atoms. The van der Waals surface area contributed by atoms with Gasteiger partial charge >= 0.3 is 0 Å². The number of nitrogens with zero attached hydrogens (tertiary/aromatic N) is 6. The van der Waals surface area contributed by atoms with Crippen LogP contribution < -0.4 is 15.1 Å². The van der Waals surface area contributed by atoms with Crippen molar-refractivity contribution in [2.24, 2.45) is 15.3 Å². The molecule has 3 aromatic rings. The molecule has 0 bridgehead atoms. The number of hydrazone groups is 1. The fraction of sp³-hybridized carbons (Fsp3) is 0.214. The summed E-state index contributed by atoms with van der Waals surface area (Å²) < 4.78 is 5.24. The van der Waals surface area contributed by atoms with Crippen molar-refractivity contribution in [1.29, 1.82) is 10.5 Å². The van der Waals surface area contributed by atoms with Crippen LogP contribution in [0.1, 0.15) is 34.3 Å². The van der Waals surface area contributed by atoms with Crippen molar-refractivity contribution in [2.75, 3.05) is 25.1 Å². The van der Waals surface area contributed by atoms with Crippen molar-refractivity contribution >= 4 is 34.7 Å². The first-order valence-electron chi connectivity index (χ1n) is 11.9. The highest BCUT2D eigenvalue weighted by Crippen LogP contribution is 2.24. The van der Waals surface area contributed by atoms with E-state index in [1.165, 1.54) is 18.2 Å². The Labute approximate surface area is 231 Å². The largest absolute Gasteiger partial charge is 0.507 e. The number of carbonyl (C=O) groups is 1. The number of carbonyl (C=O) groups excluding carboxylic acids is 1. The van der Waals surface area contributed by atoms with E-state index in [1.807, 2.05) is 24.0 Å². The van der Waals surface area contributed by atoms with Gasteiger partial charge in [0.1, 0.15) is 11.5 Å². The van der Waals surface area contributed by atoms with Gasteiger partial charge in [0.05, 0.1) is 43.3 Å². The molecule has 1 amide bonds. The predicted octanol–water partition coefficient (Wildman–Crippen LogP) is 5.87. The van der Waals surface area contributed by atoms with Gasteiger partial charge < -0.3 is 14.7 Å². The standard InChI is InChI=1S/C28H26ClN7O3/c1-19-16-22(36(14-4-12-30)15-5-13-31)9-10-24(19)27(33-32-21-6-3-7-23(18-21)39-2)34-35-28(38)25-17-20(29)8-11-26(25)37/h3,6-11,16-18,37H,4-5,14-15H2,1-2H3,(H,35,38)/b33-32?,34-27+. The molecule has 0 atom stereocenters. The van der Waals surface area contributed by atoms with Crippen LogP contribution >= 0.6 is 11.6 Å². The number of anilines is 1. The third kappa shape index (κ3) is 8.03. The van der Waals surface area contributed by atoms with E-state index in [4.69, 9.17) is 26.9 Å². The van der Waals surface area contributed by atoms with Crippen LogP contribution in [0.4, 0.5) is 11.4 Å². The van der Waals surface area contributed by atoms with Crippen LogP contribution in [0.25, 0.3) is 0 Å². The summed E-state index contributed by atoms with van der Waals surface area (Å²) in [6.45, 7) is 2.81. The molecule has 3 aromatic carbocycles. The lowest BCUT2D eigenvalue weighted by atomic mass is 10.1. The minimum atomic E-state index is -0.683. The van der Waals surface area contributed by atoms with Crippen LogP contribution in [-0.2, 0) is 0 Å². The molecule has 0 heterocycles. The Morgan fingerprint density at radius 2 is 1.79 bits per heavy atom. The highest BCUT2D eigenvalue weighted by Gasteiger charge is 2.15. The zero-order valence-electron chi connectivity index (χ0n) is 21.4. The molecule has 198 valence electrons. The number of azo groups is 1. The summed E-state index contributed by atoms with van der Waals surface area (Å²) >= 11 is 5.98. The Morgan fingerprint density at radius 1 is 1.05 bits per heavy atom. The van der Waals surface area contributed by atoms with Crippen molar-refractivity contribution < 1.29 is 14.6 Å². The number of phenolic OH excluding ortho intramolecular Hbond substituents is 1. The maximum absolute atomic E-state index is 12.8. The lowest BCUT2D eigenvalue weighted by Crippen LogP contribution is -2.25. The number of phenols is 1. The van der Waals surface area contributed by atoms with Gasteiger partial charge in [-0.2, -0.15) is 10.5 Å². The average molecular weight is 544 g/mol. The second-order valence-electron chi connectivity index (χ2n) is 8.24. The Balaban J connectivity index is 1.98. The minimum absolute atomic E-state index is 0.0481. The summed E-state index contributed by atoms with van der Waals surface area (Å²) in [6, 6.07) is 20.9. The van der Waals surface area contributed by atoms with Gasteiger partial charge in [-0.15, -0.1) is 15.3 Å². The zero-order valence-corrected chi connectivity index (χ0v) is 22.2. The van der Waals surface area contributed by atoms with Crippen LogP contribution in [0.2, 0.25) is 5.02 Å². The van der Waals surface area contributed by atoms with Gasteiger partial charge in [0.2, 0.25) is 5.84 Å². The van der Waals surface area contributed by atoms with Crippen molar-refractivity contribution in [3.63, 3.8) is 0 Å². The summed E-state index contributed by atoms with van der Waals surface area (Å²) in [4.78, 5) is 14.7. The summed E-state index contributed by atoms with van der Waals surface area (Å²) in [5.41, 5.74) is 5.06. The van der Waals surface area contributed by atoms with Gasteiger partial charge in [-0.05, 0) is 61.0 Å². The maximum Gasteiger partial charge on any atom is 0.275 e. The number of hydrogen-bond acceptors (Lipinski definition) is 8. The summed E-state index contributed by atoms with van der Waals surface area (Å²) in [5.74, 6) is -0.220. The lowest BCUT2D eigenvalue weighted by molar-refractivity contribution is 0.0952. The summed E-state index contributed by atoms with van der Waals surface area (Å²) in [6.07, 6.45) is 0.631. The molecule has 0 fully saturated rings. The van der Waals surface area contributed by atoms with E-state index < -0.39 is 5.91 Å². The molecule has 0 saturated heterocycles. The molecule has 0 aliphatic heterocycles. The molecular weight excluding hydrogens is 518 g/mol. The number of amidine groups is 1. The van der Waals surface area contributed by atoms with Gasteiger partial charge in [0.25, 0.3) is 5.91 Å². The highest BCUT2D eigenvalue weighted by atomic mass is 35.5. The number of halogens is 1. The van der Waals surface area contributed by atoms with Gasteiger partial charge in [-0.1, -0.05) is 17.7 Å². The number of benzene rings is 3. The van der Waals surface area contributed by atoms with Gasteiger partial charge in [-0.25, -0.2) is 5.43 Å². The normalized spacial score (nSPS) is 11.1. The van der Waals surface area contributed by atoms with Crippen LogP contribution in [0.3, 0.4) is 0 Å². The number of methoxy groups -OCH3 is 1. The quantitative estimate of drug-likeness (QED) is 0.141. The molecule has 0 unspecified atom stereocenters. The number of aryl methyl sites for hydroxylation is 1. The van der Waals surface area contributed by atoms with Gasteiger partial charge in [0, 0.05) is 35.4 Å². The van der Waals surface area contributed by atoms with E-state index in [0.717, 1.165) is 11.3 Å². The van der Waals surface area contributed by atoms with E-state index in [-0.39, 0.29) is 22.2 Å². The van der Waals surface area contributed by atoms with E-state index in [1.54, 1.807) is 37.4 Å². The van der Waals surface area contributed by atoms with Gasteiger partial charge in [0.15, 0.2) is 0 Å². The third-order valence-corrected chi connectivity index (χ3v) is 5.82. The summed E-state index contributed by atoms with van der Waals surface area (Å²) in [7, 11) is 1.55. The molecule has 11 heteroatoms. The molecule has 0 radical (unpaired) electrons. The highest BCUT2D eigenvalue weighted by molar-refractivity contribution is 6.31. The number of ether oxygens (including phenoxy) is 1. The van der Waals surface area contributed by atoms with Crippen LogP contribution in [-0.4, -0.2) is 37.0 Å². The monoisotopic (exact) mass is 543 g/mol. The molecular formula is C28H26ClN7O3. The SMILES string of the molecule is COc1cccc(N=N/C(=N/NC(=O)c2cc(Cl)ccc2O)c2ccc(N(CCC#N)CCC#N)cc2C)c1. The lowest BCUT2D eigenvalue weighted by Gasteiger charge is -2.23. The summed E-state index contributed by atoms with van der Waals surface area (Å²) in [5, 5.41) is 41.2. The number of nitriles is 2. The average Bonchev–Trinajstić information content (AvgIpc) is 2.94. The van der Waals surface area contributed by atoms with E-state index in [0.29, 0.717) is 42.9 Å². The first-order chi connectivity index (χ1) is 18.9. The molecule has 10 nitrogen and oxygen atoms in total. The van der Waals surface area contributed by atoms with Crippen molar-refractivity contribution in [3.05, 3.63) is 82.4 Å². The Kier molecular flexibility index (Phi) is 10.4. The number of rotatable bonds is 10. The van der Waals surface area contributed by atoms with Gasteiger partial charge in [-0.3, -0.25) is 4.79 Å². The number of nitrogens with one attached hydrogen (secondary N) is 1. The molecule has 0 saturated carbocycles. The Hall–Kier alpha value is -4.93. The minimum Gasteiger partial charge on any atom is -0.507 e. The smallest absolute Gasteiger partial charge is 0.275 e. The van der Waals surface area contributed by atoms with Crippen LogP contribution in [0.15, 0.2) is 76.0 Å². The fourth-order valence-electron chi connectivity index (χ4n) is 3.60. The van der Waals surface area contributed by atoms with E-state index in [9.17, 15) is 9.90 Å². The fourth-order valence-corrected chi connectivity index (χ4v) is 3.78. The Bertz CT molecular complexity index is 1460. The van der Waals surface area contributed by atoms with Crippen molar-refractivity contribution in [3.8, 4) is 23.6 Å². The Morgan fingerprint density at radius 3 is 2.46 bits per heavy atom. The van der Waals surface area contributed by atoms with E-state index >= 15 is 0 Å². The zero-order chi connectivity index (χ0) is 28.2. The first-order valence-corrected chi connectivity index (χ1v) is 12.3. The predicted molar refractivity (Wildman–Crippen MR) is 148 cm³/mol. The van der Waals surface area contributed by atoms with E-state index in [2.05, 4.69) is 32.9 Å². The third-order valence-electron chi connectivity index (χ3n) is 5.58. The topological polar surface area (TPSA) is 146 Å². The van der Waals surface area contributed by atoms with Crippen LogP contribution in [0, 0.1) is 29.6 Å². The van der Waals surface area contributed by atoms with Crippen molar-refractivity contribution in [2.45, 2.75) is 19.8 Å². The molecule has 3 rings (SSSR count). The number of amides is 1. The van der Waals surface area contributed by atoms with Crippen molar-refractivity contribution in [1.82, 2.24) is 5.43 Å². The van der Waals surface area contributed by atoms with Crippen LogP contribution in [0.5, 0.6) is 11.5 Å². The molecule has 0 spiro atoms. The molecule has 0 aromatic heterocycles.